The Labute approximate surface area is 131 Å². The van der Waals surface area contributed by atoms with E-state index >= 15 is 0 Å². The zero-order chi connectivity index (χ0) is 17.2. The molecule has 0 fully saturated rings. The Balaban J connectivity index is 1.95. The molecular formula is C15H19F3N2O3. The van der Waals surface area contributed by atoms with Crippen molar-refractivity contribution in [3.05, 3.63) is 35.4 Å². The Morgan fingerprint density at radius 1 is 1.26 bits per heavy atom. The summed E-state index contributed by atoms with van der Waals surface area (Å²) in [5, 5.41) is 22.2. The number of hydrogen-bond donors (Lipinski definition) is 3. The van der Waals surface area contributed by atoms with E-state index in [-0.39, 0.29) is 19.4 Å². The predicted octanol–water partition coefficient (Wildman–Crippen LogP) is 1.83. The largest absolute Gasteiger partial charge is 0.408 e. The molecule has 3 atom stereocenters. The summed E-state index contributed by atoms with van der Waals surface area (Å²) in [4.78, 5) is 12.2. The van der Waals surface area contributed by atoms with Gasteiger partial charge in [0, 0.05) is 24.6 Å². The molecule has 1 aliphatic rings. The Kier molecular flexibility index (Phi) is 5.28. The molecule has 0 aliphatic carbocycles. The molecule has 0 bridgehead atoms. The summed E-state index contributed by atoms with van der Waals surface area (Å²) in [7, 11) is 0. The molecule has 1 aromatic carbocycles. The van der Waals surface area contributed by atoms with Crippen LogP contribution < -0.4 is 5.32 Å². The van der Waals surface area contributed by atoms with Crippen molar-refractivity contribution < 1.29 is 28.2 Å². The molecule has 0 aromatic heterocycles. The second-order valence-corrected chi connectivity index (χ2v) is 5.55. The van der Waals surface area contributed by atoms with Crippen LogP contribution in [0.5, 0.6) is 0 Å². The summed E-state index contributed by atoms with van der Waals surface area (Å²) < 4.78 is 38.5. The molecule has 3 unspecified atom stereocenters. The number of hydrogen-bond acceptors (Lipinski definition) is 4. The summed E-state index contributed by atoms with van der Waals surface area (Å²) in [6.45, 7) is 1.10. The van der Waals surface area contributed by atoms with Crippen molar-refractivity contribution in [2.75, 3.05) is 6.54 Å². The fourth-order valence-electron chi connectivity index (χ4n) is 2.76. The molecule has 1 aliphatic heterocycles. The lowest BCUT2D eigenvalue weighted by molar-refractivity contribution is -0.163. The number of aliphatic hydroxyl groups excluding tert-OH is 2. The molecule has 0 spiro atoms. The van der Waals surface area contributed by atoms with Gasteiger partial charge in [-0.25, -0.2) is 4.90 Å². The minimum absolute atomic E-state index is 0.0621. The van der Waals surface area contributed by atoms with Gasteiger partial charge in [-0.1, -0.05) is 24.3 Å². The first-order valence-corrected chi connectivity index (χ1v) is 7.26. The van der Waals surface area contributed by atoms with Crippen LogP contribution >= 0.6 is 0 Å². The fraction of sp³-hybridized carbons (Fsp3) is 0.533. The van der Waals surface area contributed by atoms with Crippen molar-refractivity contribution in [2.24, 2.45) is 0 Å². The van der Waals surface area contributed by atoms with Crippen LogP contribution in [0, 0.1) is 0 Å². The first-order valence-electron chi connectivity index (χ1n) is 7.26. The van der Waals surface area contributed by atoms with Gasteiger partial charge in [-0.2, -0.15) is 13.2 Å². The van der Waals surface area contributed by atoms with E-state index < -0.39 is 30.6 Å². The molecule has 23 heavy (non-hydrogen) atoms. The molecule has 0 saturated heterocycles. The van der Waals surface area contributed by atoms with Crippen molar-refractivity contribution in [1.82, 2.24) is 10.2 Å². The monoisotopic (exact) mass is 332 g/mol. The van der Waals surface area contributed by atoms with E-state index in [1.165, 1.54) is 4.90 Å². The highest BCUT2D eigenvalue weighted by Gasteiger charge is 2.40. The third-order valence-electron chi connectivity index (χ3n) is 3.86. The van der Waals surface area contributed by atoms with Crippen LogP contribution in [0.15, 0.2) is 24.3 Å². The van der Waals surface area contributed by atoms with Crippen LogP contribution in [0.3, 0.4) is 0 Å². The van der Waals surface area contributed by atoms with E-state index in [1.54, 1.807) is 24.3 Å². The fourth-order valence-corrected chi connectivity index (χ4v) is 2.76. The summed E-state index contributed by atoms with van der Waals surface area (Å²) in [5.41, 5.74) is 1.10. The van der Waals surface area contributed by atoms with Gasteiger partial charge >= 0.3 is 6.18 Å². The third kappa shape index (κ3) is 4.01. The van der Waals surface area contributed by atoms with Crippen molar-refractivity contribution in [3.63, 3.8) is 0 Å². The molecule has 128 valence electrons. The number of carbonyl (C=O) groups is 1. The van der Waals surface area contributed by atoms with Crippen LogP contribution in [0.1, 0.15) is 43.3 Å². The molecule has 8 heteroatoms. The van der Waals surface area contributed by atoms with Gasteiger partial charge < -0.3 is 15.5 Å². The van der Waals surface area contributed by atoms with Gasteiger partial charge in [0.2, 0.25) is 5.91 Å². The number of amides is 1. The second-order valence-electron chi connectivity index (χ2n) is 5.55. The Bertz CT molecular complexity index is 536. The van der Waals surface area contributed by atoms with E-state index in [0.717, 1.165) is 6.92 Å². The number of alkyl halides is 3. The van der Waals surface area contributed by atoms with Crippen LogP contribution in [-0.2, 0) is 4.79 Å². The van der Waals surface area contributed by atoms with Crippen molar-refractivity contribution in [3.8, 4) is 0 Å². The summed E-state index contributed by atoms with van der Waals surface area (Å²) >= 11 is 0. The van der Waals surface area contributed by atoms with Crippen molar-refractivity contribution in [1.29, 1.82) is 0 Å². The summed E-state index contributed by atoms with van der Waals surface area (Å²) in [6, 6.07) is 4.83. The minimum Gasteiger partial charge on any atom is -0.374 e. The number of nitrogens with one attached hydrogen (secondary N) is 1. The van der Waals surface area contributed by atoms with Crippen LogP contribution in [0.2, 0.25) is 0 Å². The molecular weight excluding hydrogens is 313 g/mol. The maximum Gasteiger partial charge on any atom is 0.408 e. The van der Waals surface area contributed by atoms with Gasteiger partial charge in [0.05, 0.1) is 0 Å². The molecule has 1 amide bonds. The molecule has 1 aromatic rings. The van der Waals surface area contributed by atoms with Crippen molar-refractivity contribution in [2.45, 2.75) is 44.4 Å². The molecule has 3 N–H and O–H groups in total. The summed E-state index contributed by atoms with van der Waals surface area (Å²) in [6.07, 6.45) is -6.89. The highest BCUT2D eigenvalue weighted by Crippen LogP contribution is 2.39. The van der Waals surface area contributed by atoms with Gasteiger partial charge in [0.25, 0.3) is 0 Å². The third-order valence-corrected chi connectivity index (χ3v) is 3.86. The maximum absolute atomic E-state index is 12.8. The van der Waals surface area contributed by atoms with E-state index in [1.807, 2.05) is 5.32 Å². The quantitative estimate of drug-likeness (QED) is 0.769. The Morgan fingerprint density at radius 2 is 1.78 bits per heavy atom. The maximum atomic E-state index is 12.8. The number of halogens is 3. The average Bonchev–Trinajstić information content (AvgIpc) is 2.70. The molecule has 0 saturated carbocycles. The highest BCUT2D eigenvalue weighted by molar-refractivity contribution is 5.73. The number of aliphatic hydroxyl groups is 2. The Hall–Kier alpha value is -1.64. The van der Waals surface area contributed by atoms with E-state index in [0.29, 0.717) is 11.1 Å². The van der Waals surface area contributed by atoms with E-state index in [2.05, 4.69) is 0 Å². The number of rotatable bonds is 5. The SMILES string of the molecule is CC(=O)NC(CCCN1C(O)c2ccccc2C1O)C(F)(F)F. The minimum atomic E-state index is -4.53. The lowest BCUT2D eigenvalue weighted by Crippen LogP contribution is -2.44. The van der Waals surface area contributed by atoms with Gasteiger partial charge in [-0.3, -0.25) is 4.79 Å². The number of benzene rings is 1. The van der Waals surface area contributed by atoms with Gasteiger partial charge in [0.1, 0.15) is 18.5 Å². The lowest BCUT2D eigenvalue weighted by atomic mass is 10.1. The molecule has 2 rings (SSSR count). The zero-order valence-electron chi connectivity index (χ0n) is 12.5. The first-order chi connectivity index (χ1) is 10.7. The zero-order valence-corrected chi connectivity index (χ0v) is 12.5. The topological polar surface area (TPSA) is 72.8 Å². The number of carbonyl (C=O) groups excluding carboxylic acids is 1. The van der Waals surface area contributed by atoms with Crippen molar-refractivity contribution >= 4 is 5.91 Å². The molecule has 1 heterocycles. The highest BCUT2D eigenvalue weighted by atomic mass is 19.4. The van der Waals surface area contributed by atoms with E-state index in [4.69, 9.17) is 0 Å². The number of nitrogens with zero attached hydrogens (tertiary/aromatic N) is 1. The smallest absolute Gasteiger partial charge is 0.374 e. The van der Waals surface area contributed by atoms with Gasteiger partial charge in [-0.15, -0.1) is 0 Å². The molecule has 0 radical (unpaired) electrons. The Morgan fingerprint density at radius 3 is 2.22 bits per heavy atom. The normalized spacial score (nSPS) is 22.7. The van der Waals surface area contributed by atoms with E-state index in [9.17, 15) is 28.2 Å². The molecule has 5 nitrogen and oxygen atoms in total. The standard InChI is InChI=1S/C15H19F3N2O3/c1-9(21)19-12(15(16,17)18)7-4-8-20-13(22)10-5-2-3-6-11(10)14(20)23/h2-3,5-6,12-14,22-23H,4,7-8H2,1H3,(H,19,21). The first kappa shape index (κ1) is 17.7. The lowest BCUT2D eigenvalue weighted by Gasteiger charge is -2.26. The van der Waals surface area contributed by atoms with Crippen LogP contribution in [0.4, 0.5) is 13.2 Å². The van der Waals surface area contributed by atoms with Gasteiger partial charge in [-0.05, 0) is 12.8 Å². The second kappa shape index (κ2) is 6.86. The van der Waals surface area contributed by atoms with Gasteiger partial charge in [0.15, 0.2) is 0 Å². The summed E-state index contributed by atoms with van der Waals surface area (Å²) in [5.74, 6) is -0.749. The van der Waals surface area contributed by atoms with Crippen LogP contribution in [-0.4, -0.2) is 39.8 Å². The average molecular weight is 332 g/mol. The number of fused-ring (bicyclic) bond motifs is 1. The predicted molar refractivity (Wildman–Crippen MR) is 76.0 cm³/mol. The van der Waals surface area contributed by atoms with Crippen LogP contribution in [0.25, 0.3) is 0 Å².